The molecule has 0 saturated heterocycles. The van der Waals surface area contributed by atoms with E-state index in [0.29, 0.717) is 18.7 Å². The molecule has 1 heterocycles. The fraction of sp³-hybridized carbons (Fsp3) is 0.571. The normalized spacial score (nSPS) is 13.4. The fourth-order valence-corrected chi connectivity index (χ4v) is 0.917. The first-order chi connectivity index (χ1) is 5.24. The molecule has 11 heavy (non-hydrogen) atoms. The van der Waals surface area contributed by atoms with Gasteiger partial charge in [-0.3, -0.25) is 4.68 Å². The summed E-state index contributed by atoms with van der Waals surface area (Å²) in [5.74, 6) is 0. The van der Waals surface area contributed by atoms with E-state index in [4.69, 9.17) is 5.73 Å². The van der Waals surface area contributed by atoms with Gasteiger partial charge in [0.1, 0.15) is 0 Å². The molecule has 0 aliphatic heterocycles. The Morgan fingerprint density at radius 1 is 1.82 bits per heavy atom. The van der Waals surface area contributed by atoms with Gasteiger partial charge in [-0.1, -0.05) is 0 Å². The molecule has 3 N–H and O–H groups in total. The minimum Gasteiger partial charge on any atom is -0.387 e. The monoisotopic (exact) mass is 155 g/mol. The van der Waals surface area contributed by atoms with Crippen molar-refractivity contribution in [2.24, 2.45) is 12.8 Å². The highest BCUT2D eigenvalue weighted by Crippen LogP contribution is 2.11. The van der Waals surface area contributed by atoms with Crippen LogP contribution in [0.1, 0.15) is 18.2 Å². The second-order valence-corrected chi connectivity index (χ2v) is 2.51. The van der Waals surface area contributed by atoms with Gasteiger partial charge in [-0.2, -0.15) is 5.10 Å². The average Bonchev–Trinajstić information content (AvgIpc) is 2.36. The highest BCUT2D eigenvalue weighted by atomic mass is 16.3. The molecule has 0 fully saturated rings. The van der Waals surface area contributed by atoms with Crippen molar-refractivity contribution in [2.45, 2.75) is 12.5 Å². The summed E-state index contributed by atoms with van der Waals surface area (Å²) in [6.07, 6.45) is 1.85. The fourth-order valence-electron chi connectivity index (χ4n) is 0.917. The molecule has 0 spiro atoms. The number of aromatic nitrogens is 2. The summed E-state index contributed by atoms with van der Waals surface area (Å²) in [7, 11) is 1.82. The van der Waals surface area contributed by atoms with Crippen molar-refractivity contribution in [3.05, 3.63) is 18.0 Å². The topological polar surface area (TPSA) is 64.1 Å². The smallest absolute Gasteiger partial charge is 0.0990 e. The van der Waals surface area contributed by atoms with E-state index in [9.17, 15) is 5.11 Å². The predicted molar refractivity (Wildman–Crippen MR) is 41.8 cm³/mol. The van der Waals surface area contributed by atoms with Crippen LogP contribution in [0, 0.1) is 0 Å². The summed E-state index contributed by atoms with van der Waals surface area (Å²) >= 11 is 0. The van der Waals surface area contributed by atoms with Crippen LogP contribution in [0.5, 0.6) is 0 Å². The minimum absolute atomic E-state index is 0.484. The van der Waals surface area contributed by atoms with Crippen molar-refractivity contribution < 1.29 is 5.11 Å². The lowest BCUT2D eigenvalue weighted by atomic mass is 10.2. The molecule has 0 saturated carbocycles. The maximum atomic E-state index is 9.38. The Bertz CT molecular complexity index is 221. The molecule has 4 heteroatoms. The summed E-state index contributed by atoms with van der Waals surface area (Å²) in [4.78, 5) is 0. The summed E-state index contributed by atoms with van der Waals surface area (Å²) in [5, 5.41) is 13.4. The van der Waals surface area contributed by atoms with E-state index in [2.05, 4.69) is 5.10 Å². The van der Waals surface area contributed by atoms with Crippen molar-refractivity contribution in [2.75, 3.05) is 6.54 Å². The zero-order valence-electron chi connectivity index (χ0n) is 6.57. The van der Waals surface area contributed by atoms with Crippen LogP contribution < -0.4 is 5.73 Å². The maximum Gasteiger partial charge on any atom is 0.0990 e. The van der Waals surface area contributed by atoms with Gasteiger partial charge in [0.05, 0.1) is 11.8 Å². The Morgan fingerprint density at radius 3 is 3.00 bits per heavy atom. The highest BCUT2D eigenvalue weighted by Gasteiger charge is 2.07. The van der Waals surface area contributed by atoms with Gasteiger partial charge in [0.15, 0.2) is 0 Å². The Balaban J connectivity index is 2.60. The van der Waals surface area contributed by atoms with Gasteiger partial charge in [-0.25, -0.2) is 0 Å². The molecule has 0 radical (unpaired) electrons. The van der Waals surface area contributed by atoms with Gasteiger partial charge in [-0.15, -0.1) is 0 Å². The quantitative estimate of drug-likeness (QED) is 0.635. The van der Waals surface area contributed by atoms with Crippen LogP contribution in [-0.2, 0) is 7.05 Å². The van der Waals surface area contributed by atoms with Gasteiger partial charge in [-0.05, 0) is 19.0 Å². The molecule has 1 aromatic rings. The second-order valence-electron chi connectivity index (χ2n) is 2.51. The van der Waals surface area contributed by atoms with Crippen molar-refractivity contribution in [3.8, 4) is 0 Å². The van der Waals surface area contributed by atoms with Crippen molar-refractivity contribution in [1.29, 1.82) is 0 Å². The molecule has 62 valence electrons. The van der Waals surface area contributed by atoms with E-state index in [1.165, 1.54) is 0 Å². The first kappa shape index (κ1) is 8.23. The number of nitrogens with zero attached hydrogens (tertiary/aromatic N) is 2. The zero-order chi connectivity index (χ0) is 8.27. The molecule has 0 aliphatic carbocycles. The number of hydrogen-bond donors (Lipinski definition) is 2. The Kier molecular flexibility index (Phi) is 2.62. The number of aliphatic hydroxyl groups excluding tert-OH is 1. The van der Waals surface area contributed by atoms with Gasteiger partial charge < -0.3 is 10.8 Å². The van der Waals surface area contributed by atoms with E-state index in [-0.39, 0.29) is 0 Å². The molecular formula is C7H13N3O. The first-order valence-corrected chi connectivity index (χ1v) is 3.61. The highest BCUT2D eigenvalue weighted by molar-refractivity contribution is 5.02. The molecule has 1 unspecified atom stereocenters. The lowest BCUT2D eigenvalue weighted by Gasteiger charge is -2.03. The lowest BCUT2D eigenvalue weighted by molar-refractivity contribution is 0.165. The van der Waals surface area contributed by atoms with Crippen LogP contribution in [0.3, 0.4) is 0 Å². The standard InChI is InChI=1S/C7H13N3O/c1-10-5-3-6(9-10)7(11)2-4-8/h3,5,7,11H,2,4,8H2,1H3. The van der Waals surface area contributed by atoms with E-state index < -0.39 is 6.10 Å². The molecule has 0 amide bonds. The molecule has 0 bridgehead atoms. The van der Waals surface area contributed by atoms with Crippen LogP contribution in [0.25, 0.3) is 0 Å². The van der Waals surface area contributed by atoms with Crippen LogP contribution in [0.4, 0.5) is 0 Å². The molecule has 4 nitrogen and oxygen atoms in total. The summed E-state index contributed by atoms with van der Waals surface area (Å²) in [5.41, 5.74) is 5.97. The zero-order valence-corrected chi connectivity index (χ0v) is 6.57. The van der Waals surface area contributed by atoms with Gasteiger partial charge in [0.2, 0.25) is 0 Å². The van der Waals surface area contributed by atoms with E-state index in [1.807, 2.05) is 7.05 Å². The number of hydrogen-bond acceptors (Lipinski definition) is 3. The first-order valence-electron chi connectivity index (χ1n) is 3.61. The summed E-state index contributed by atoms with van der Waals surface area (Å²) in [6, 6.07) is 1.79. The number of rotatable bonds is 3. The number of nitrogens with two attached hydrogens (primary N) is 1. The predicted octanol–water partition coefficient (Wildman–Crippen LogP) is -0.198. The van der Waals surface area contributed by atoms with Gasteiger partial charge >= 0.3 is 0 Å². The Labute approximate surface area is 65.6 Å². The second kappa shape index (κ2) is 3.50. The Morgan fingerprint density at radius 2 is 2.55 bits per heavy atom. The van der Waals surface area contributed by atoms with E-state index >= 15 is 0 Å². The molecule has 1 atom stereocenters. The molecule has 0 aromatic carbocycles. The summed E-state index contributed by atoms with van der Waals surface area (Å²) < 4.78 is 1.66. The van der Waals surface area contributed by atoms with Crippen molar-refractivity contribution >= 4 is 0 Å². The summed E-state index contributed by atoms with van der Waals surface area (Å²) in [6.45, 7) is 0.484. The van der Waals surface area contributed by atoms with E-state index in [0.717, 1.165) is 0 Å². The molecule has 1 rings (SSSR count). The van der Waals surface area contributed by atoms with Crippen LogP contribution in [0.2, 0.25) is 0 Å². The van der Waals surface area contributed by atoms with Crippen LogP contribution >= 0.6 is 0 Å². The SMILES string of the molecule is Cn1ccc(C(O)CCN)n1. The van der Waals surface area contributed by atoms with Gasteiger partial charge in [0, 0.05) is 13.2 Å². The van der Waals surface area contributed by atoms with Gasteiger partial charge in [0.25, 0.3) is 0 Å². The minimum atomic E-state index is -0.513. The molecular weight excluding hydrogens is 142 g/mol. The Hall–Kier alpha value is -0.870. The van der Waals surface area contributed by atoms with Crippen molar-refractivity contribution in [3.63, 3.8) is 0 Å². The average molecular weight is 155 g/mol. The lowest BCUT2D eigenvalue weighted by Crippen LogP contribution is -2.07. The van der Waals surface area contributed by atoms with E-state index in [1.54, 1.807) is 16.9 Å². The number of aliphatic hydroxyl groups is 1. The third-order valence-electron chi connectivity index (χ3n) is 1.52. The third kappa shape index (κ3) is 2.03. The molecule has 0 aliphatic rings. The maximum absolute atomic E-state index is 9.38. The van der Waals surface area contributed by atoms with Crippen LogP contribution in [0.15, 0.2) is 12.3 Å². The van der Waals surface area contributed by atoms with Crippen molar-refractivity contribution in [1.82, 2.24) is 9.78 Å². The largest absolute Gasteiger partial charge is 0.387 e. The third-order valence-corrected chi connectivity index (χ3v) is 1.52. The number of aryl methyl sites for hydroxylation is 1. The molecule has 1 aromatic heterocycles. The van der Waals surface area contributed by atoms with Crippen LogP contribution in [-0.4, -0.2) is 21.4 Å².